The third-order valence-corrected chi connectivity index (χ3v) is 2.92. The summed E-state index contributed by atoms with van der Waals surface area (Å²) in [6.07, 6.45) is 0. The number of anilines is 2. The van der Waals surface area contributed by atoms with E-state index >= 15 is 0 Å². The van der Waals surface area contributed by atoms with Crippen LogP contribution in [0.5, 0.6) is 5.75 Å². The minimum atomic E-state index is 0.0553. The second kappa shape index (κ2) is 5.56. The van der Waals surface area contributed by atoms with Crippen molar-refractivity contribution in [2.45, 2.75) is 6.61 Å². The van der Waals surface area contributed by atoms with Crippen molar-refractivity contribution in [2.24, 2.45) is 0 Å². The maximum absolute atomic E-state index is 9.16. The molecule has 0 bridgehead atoms. The van der Waals surface area contributed by atoms with Gasteiger partial charge in [-0.3, -0.25) is 0 Å². The number of ether oxygens (including phenoxy) is 1. The summed E-state index contributed by atoms with van der Waals surface area (Å²) in [5.74, 6) is 0.831. The number of rotatable bonds is 4. The quantitative estimate of drug-likeness (QED) is 0.896. The van der Waals surface area contributed by atoms with Gasteiger partial charge in [-0.1, -0.05) is 18.2 Å². The number of hydrogen-bond donors (Lipinski definition) is 1. The van der Waals surface area contributed by atoms with Crippen molar-refractivity contribution >= 4 is 11.4 Å². The topological polar surface area (TPSA) is 32.7 Å². The maximum atomic E-state index is 9.16. The van der Waals surface area contributed by atoms with Crippen LogP contribution in [0.3, 0.4) is 0 Å². The number of aliphatic hydroxyl groups is 1. The van der Waals surface area contributed by atoms with E-state index in [4.69, 9.17) is 9.84 Å². The van der Waals surface area contributed by atoms with Crippen molar-refractivity contribution < 1.29 is 9.84 Å². The third-order valence-electron chi connectivity index (χ3n) is 2.92. The summed E-state index contributed by atoms with van der Waals surface area (Å²) in [5.41, 5.74) is 2.99. The third kappa shape index (κ3) is 2.63. The van der Waals surface area contributed by atoms with Crippen LogP contribution in [0, 0.1) is 0 Å². The number of aliphatic hydroxyl groups excluding tert-OH is 1. The Morgan fingerprint density at radius 1 is 1.06 bits per heavy atom. The van der Waals surface area contributed by atoms with Gasteiger partial charge in [0.15, 0.2) is 0 Å². The zero-order valence-electron chi connectivity index (χ0n) is 10.6. The van der Waals surface area contributed by atoms with E-state index in [1.165, 1.54) is 0 Å². The van der Waals surface area contributed by atoms with E-state index in [1.807, 2.05) is 55.6 Å². The maximum Gasteiger partial charge on any atom is 0.120 e. The molecule has 0 fully saturated rings. The van der Waals surface area contributed by atoms with Gasteiger partial charge in [-0.2, -0.15) is 0 Å². The van der Waals surface area contributed by atoms with Crippen LogP contribution in [0.4, 0.5) is 11.4 Å². The van der Waals surface area contributed by atoms with Gasteiger partial charge in [-0.25, -0.2) is 0 Å². The molecule has 0 saturated heterocycles. The average molecular weight is 243 g/mol. The van der Waals surface area contributed by atoms with E-state index in [2.05, 4.69) is 4.90 Å². The Hall–Kier alpha value is -2.00. The molecule has 0 saturated carbocycles. The summed E-state index contributed by atoms with van der Waals surface area (Å²) in [4.78, 5) is 2.06. The number of methoxy groups -OCH3 is 1. The van der Waals surface area contributed by atoms with Gasteiger partial charge < -0.3 is 14.7 Å². The fourth-order valence-electron chi connectivity index (χ4n) is 1.83. The Bertz CT molecular complexity index is 478. The predicted octanol–water partition coefficient (Wildman–Crippen LogP) is 2.96. The average Bonchev–Trinajstić information content (AvgIpc) is 2.46. The Morgan fingerprint density at radius 2 is 1.72 bits per heavy atom. The predicted molar refractivity (Wildman–Crippen MR) is 73.4 cm³/mol. The molecule has 0 aliphatic rings. The van der Waals surface area contributed by atoms with Crippen LogP contribution >= 0.6 is 0 Å². The Labute approximate surface area is 107 Å². The standard InChI is InChI=1S/C15H17NO2/c1-16(13-6-3-5-12(9-13)11-17)14-7-4-8-15(10-14)18-2/h3-10,17H,11H2,1-2H3. The Balaban J connectivity index is 2.31. The van der Waals surface area contributed by atoms with Gasteiger partial charge in [0.05, 0.1) is 13.7 Å². The van der Waals surface area contributed by atoms with Crippen LogP contribution < -0.4 is 9.64 Å². The van der Waals surface area contributed by atoms with Crippen LogP contribution in [0.2, 0.25) is 0 Å². The summed E-state index contributed by atoms with van der Waals surface area (Å²) in [5, 5.41) is 9.16. The molecule has 2 aromatic carbocycles. The summed E-state index contributed by atoms with van der Waals surface area (Å²) in [6, 6.07) is 15.7. The van der Waals surface area contributed by atoms with Gasteiger partial charge in [0.1, 0.15) is 5.75 Å². The van der Waals surface area contributed by atoms with Crippen molar-refractivity contribution in [3.63, 3.8) is 0 Å². The second-order valence-corrected chi connectivity index (χ2v) is 4.09. The molecule has 3 nitrogen and oxygen atoms in total. The highest BCUT2D eigenvalue weighted by Crippen LogP contribution is 2.27. The molecule has 0 radical (unpaired) electrons. The lowest BCUT2D eigenvalue weighted by Crippen LogP contribution is -2.09. The molecular formula is C15H17NO2. The molecule has 1 N–H and O–H groups in total. The Morgan fingerprint density at radius 3 is 2.39 bits per heavy atom. The van der Waals surface area contributed by atoms with Crippen LogP contribution in [-0.4, -0.2) is 19.3 Å². The van der Waals surface area contributed by atoms with Crippen molar-refractivity contribution in [3.05, 3.63) is 54.1 Å². The molecule has 3 heteroatoms. The van der Waals surface area contributed by atoms with Crippen LogP contribution in [0.1, 0.15) is 5.56 Å². The van der Waals surface area contributed by atoms with E-state index in [0.717, 1.165) is 22.7 Å². The Kier molecular flexibility index (Phi) is 3.85. The fourth-order valence-corrected chi connectivity index (χ4v) is 1.83. The van der Waals surface area contributed by atoms with Gasteiger partial charge in [-0.15, -0.1) is 0 Å². The first-order valence-corrected chi connectivity index (χ1v) is 5.82. The molecular weight excluding hydrogens is 226 g/mol. The zero-order chi connectivity index (χ0) is 13.0. The number of nitrogens with zero attached hydrogens (tertiary/aromatic N) is 1. The SMILES string of the molecule is COc1cccc(N(C)c2cccc(CO)c2)c1. The summed E-state index contributed by atoms with van der Waals surface area (Å²) < 4.78 is 5.22. The largest absolute Gasteiger partial charge is 0.497 e. The van der Waals surface area contributed by atoms with E-state index in [1.54, 1.807) is 7.11 Å². The van der Waals surface area contributed by atoms with Gasteiger partial charge in [0.2, 0.25) is 0 Å². The molecule has 0 heterocycles. The zero-order valence-corrected chi connectivity index (χ0v) is 10.6. The van der Waals surface area contributed by atoms with E-state index in [0.29, 0.717) is 0 Å². The van der Waals surface area contributed by atoms with Gasteiger partial charge in [0.25, 0.3) is 0 Å². The highest BCUT2D eigenvalue weighted by molar-refractivity contribution is 5.64. The van der Waals surface area contributed by atoms with Crippen LogP contribution in [-0.2, 0) is 6.61 Å². The lowest BCUT2D eigenvalue weighted by atomic mass is 10.2. The molecule has 0 aromatic heterocycles. The first kappa shape index (κ1) is 12.5. The smallest absolute Gasteiger partial charge is 0.120 e. The van der Waals surface area contributed by atoms with Crippen molar-refractivity contribution in [1.82, 2.24) is 0 Å². The molecule has 18 heavy (non-hydrogen) atoms. The molecule has 0 aliphatic heterocycles. The normalized spacial score (nSPS) is 10.2. The molecule has 2 aromatic rings. The van der Waals surface area contributed by atoms with E-state index < -0.39 is 0 Å². The van der Waals surface area contributed by atoms with Gasteiger partial charge in [0, 0.05) is 24.5 Å². The highest BCUT2D eigenvalue weighted by atomic mass is 16.5. The van der Waals surface area contributed by atoms with Crippen LogP contribution in [0.25, 0.3) is 0 Å². The van der Waals surface area contributed by atoms with E-state index in [-0.39, 0.29) is 6.61 Å². The van der Waals surface area contributed by atoms with Gasteiger partial charge in [-0.05, 0) is 29.8 Å². The van der Waals surface area contributed by atoms with Crippen LogP contribution in [0.15, 0.2) is 48.5 Å². The summed E-state index contributed by atoms with van der Waals surface area (Å²) >= 11 is 0. The first-order valence-electron chi connectivity index (χ1n) is 5.82. The minimum Gasteiger partial charge on any atom is -0.497 e. The van der Waals surface area contributed by atoms with Crippen molar-refractivity contribution in [2.75, 3.05) is 19.1 Å². The molecule has 2 rings (SSSR count). The molecule has 0 spiro atoms. The number of benzene rings is 2. The lowest BCUT2D eigenvalue weighted by molar-refractivity contribution is 0.282. The summed E-state index contributed by atoms with van der Waals surface area (Å²) in [7, 11) is 3.65. The molecule has 0 aliphatic carbocycles. The van der Waals surface area contributed by atoms with Crippen molar-refractivity contribution in [3.8, 4) is 5.75 Å². The molecule has 0 atom stereocenters. The fraction of sp³-hybridized carbons (Fsp3) is 0.200. The second-order valence-electron chi connectivity index (χ2n) is 4.09. The minimum absolute atomic E-state index is 0.0553. The lowest BCUT2D eigenvalue weighted by Gasteiger charge is -2.20. The summed E-state index contributed by atoms with van der Waals surface area (Å²) in [6.45, 7) is 0.0553. The molecule has 0 amide bonds. The van der Waals surface area contributed by atoms with Gasteiger partial charge >= 0.3 is 0 Å². The highest BCUT2D eigenvalue weighted by Gasteiger charge is 2.05. The van der Waals surface area contributed by atoms with E-state index in [9.17, 15) is 0 Å². The molecule has 94 valence electrons. The molecule has 0 unspecified atom stereocenters. The number of hydrogen-bond acceptors (Lipinski definition) is 3. The van der Waals surface area contributed by atoms with Crippen molar-refractivity contribution in [1.29, 1.82) is 0 Å². The first-order chi connectivity index (χ1) is 8.74. The monoisotopic (exact) mass is 243 g/mol.